The van der Waals surface area contributed by atoms with Crippen molar-refractivity contribution < 1.29 is 19.4 Å². The predicted octanol–water partition coefficient (Wildman–Crippen LogP) is 0.864. The number of aliphatic carboxylic acids is 1. The van der Waals surface area contributed by atoms with Crippen molar-refractivity contribution >= 4 is 11.8 Å². The van der Waals surface area contributed by atoms with E-state index in [2.05, 4.69) is 9.97 Å². The highest BCUT2D eigenvalue weighted by Gasteiger charge is 2.28. The van der Waals surface area contributed by atoms with Crippen molar-refractivity contribution in [3.8, 4) is 5.88 Å². The minimum Gasteiger partial charge on any atom is -0.481 e. The molecular weight excluding hydrogens is 262 g/mol. The third kappa shape index (κ3) is 3.16. The molecule has 1 aliphatic heterocycles. The number of hydrogen-bond acceptors (Lipinski definition) is 6. The Balaban J connectivity index is 2.27. The van der Waals surface area contributed by atoms with Crippen molar-refractivity contribution in [2.24, 2.45) is 0 Å². The van der Waals surface area contributed by atoms with Crippen LogP contribution in [-0.4, -0.2) is 53.5 Å². The Bertz CT molecular complexity index is 481. The molecule has 1 atom stereocenters. The first kappa shape index (κ1) is 14.5. The van der Waals surface area contributed by atoms with Gasteiger partial charge < -0.3 is 19.5 Å². The fourth-order valence-corrected chi connectivity index (χ4v) is 2.30. The molecule has 1 fully saturated rings. The standard InChI is InChI=1S/C13H19N3O4/c1-3-20-13-9(2)12(14-8-15-13)16-4-5-19-7-10(16)6-11(17)18/h8,10H,3-7H2,1-2H3,(H,17,18). The number of aromatic nitrogens is 2. The van der Waals surface area contributed by atoms with Gasteiger partial charge in [-0.15, -0.1) is 0 Å². The molecular formula is C13H19N3O4. The third-order valence-corrected chi connectivity index (χ3v) is 3.20. The van der Waals surface area contributed by atoms with Crippen LogP contribution in [-0.2, 0) is 9.53 Å². The normalized spacial score (nSPS) is 18.9. The lowest BCUT2D eigenvalue weighted by Crippen LogP contribution is -2.47. The first-order valence-electron chi connectivity index (χ1n) is 6.64. The van der Waals surface area contributed by atoms with Crippen LogP contribution >= 0.6 is 0 Å². The first-order valence-corrected chi connectivity index (χ1v) is 6.64. The summed E-state index contributed by atoms with van der Waals surface area (Å²) in [5.74, 6) is 0.415. The van der Waals surface area contributed by atoms with E-state index in [0.29, 0.717) is 32.2 Å². The molecule has 7 heteroatoms. The molecule has 0 aromatic carbocycles. The van der Waals surface area contributed by atoms with Crippen molar-refractivity contribution in [2.75, 3.05) is 31.3 Å². The van der Waals surface area contributed by atoms with Gasteiger partial charge in [0.1, 0.15) is 12.1 Å². The zero-order chi connectivity index (χ0) is 14.5. The topological polar surface area (TPSA) is 84.8 Å². The highest BCUT2D eigenvalue weighted by atomic mass is 16.5. The van der Waals surface area contributed by atoms with Crippen molar-refractivity contribution in [1.29, 1.82) is 0 Å². The van der Waals surface area contributed by atoms with Crippen LogP contribution in [0.1, 0.15) is 18.9 Å². The molecule has 1 saturated heterocycles. The Kier molecular flexibility index (Phi) is 4.73. The molecule has 0 radical (unpaired) electrons. The van der Waals surface area contributed by atoms with Crippen LogP contribution in [0.3, 0.4) is 0 Å². The van der Waals surface area contributed by atoms with Crippen LogP contribution in [0.5, 0.6) is 5.88 Å². The summed E-state index contributed by atoms with van der Waals surface area (Å²) in [4.78, 5) is 21.3. The van der Waals surface area contributed by atoms with Crippen molar-refractivity contribution in [2.45, 2.75) is 26.3 Å². The number of anilines is 1. The molecule has 0 amide bonds. The van der Waals surface area contributed by atoms with Gasteiger partial charge in [0.25, 0.3) is 0 Å². The van der Waals surface area contributed by atoms with Crippen LogP contribution < -0.4 is 9.64 Å². The SMILES string of the molecule is CCOc1ncnc(N2CCOCC2CC(=O)O)c1C. The Morgan fingerprint density at radius 1 is 1.60 bits per heavy atom. The summed E-state index contributed by atoms with van der Waals surface area (Å²) >= 11 is 0. The molecule has 1 aromatic heterocycles. The smallest absolute Gasteiger partial charge is 0.305 e. The van der Waals surface area contributed by atoms with E-state index in [4.69, 9.17) is 14.6 Å². The van der Waals surface area contributed by atoms with Crippen molar-refractivity contribution in [3.05, 3.63) is 11.9 Å². The van der Waals surface area contributed by atoms with E-state index in [9.17, 15) is 4.79 Å². The summed E-state index contributed by atoms with van der Waals surface area (Å²) in [5.41, 5.74) is 0.826. The molecule has 110 valence electrons. The van der Waals surface area contributed by atoms with Gasteiger partial charge in [0.2, 0.25) is 5.88 Å². The van der Waals surface area contributed by atoms with Crippen LogP contribution in [0, 0.1) is 6.92 Å². The Morgan fingerprint density at radius 3 is 3.10 bits per heavy atom. The number of carboxylic acid groups (broad SMARTS) is 1. The quantitative estimate of drug-likeness (QED) is 0.856. The highest BCUT2D eigenvalue weighted by Crippen LogP contribution is 2.27. The van der Waals surface area contributed by atoms with Gasteiger partial charge in [0.05, 0.1) is 37.8 Å². The summed E-state index contributed by atoms with van der Waals surface area (Å²) in [5, 5.41) is 9.00. The Morgan fingerprint density at radius 2 is 2.40 bits per heavy atom. The average Bonchev–Trinajstić information content (AvgIpc) is 2.42. The van der Waals surface area contributed by atoms with E-state index in [1.165, 1.54) is 6.33 Å². The van der Waals surface area contributed by atoms with Gasteiger partial charge in [-0.3, -0.25) is 4.79 Å². The average molecular weight is 281 g/mol. The van der Waals surface area contributed by atoms with E-state index in [1.54, 1.807) is 0 Å². The van der Waals surface area contributed by atoms with Crippen molar-refractivity contribution in [3.63, 3.8) is 0 Å². The molecule has 20 heavy (non-hydrogen) atoms. The third-order valence-electron chi connectivity index (χ3n) is 3.20. The molecule has 7 nitrogen and oxygen atoms in total. The molecule has 1 aromatic rings. The lowest BCUT2D eigenvalue weighted by atomic mass is 10.1. The summed E-state index contributed by atoms with van der Waals surface area (Å²) in [6.45, 7) is 5.86. The maximum atomic E-state index is 11.0. The number of hydrogen-bond donors (Lipinski definition) is 1. The fourth-order valence-electron chi connectivity index (χ4n) is 2.30. The highest BCUT2D eigenvalue weighted by molar-refractivity contribution is 5.68. The predicted molar refractivity (Wildman–Crippen MR) is 72.1 cm³/mol. The number of morpholine rings is 1. The van der Waals surface area contributed by atoms with E-state index in [0.717, 1.165) is 11.4 Å². The summed E-state index contributed by atoms with van der Waals surface area (Å²) in [6.07, 6.45) is 1.47. The Hall–Kier alpha value is -1.89. The van der Waals surface area contributed by atoms with E-state index in [1.807, 2.05) is 18.7 Å². The van der Waals surface area contributed by atoms with Gasteiger partial charge in [-0.25, -0.2) is 9.97 Å². The van der Waals surface area contributed by atoms with Gasteiger partial charge in [-0.2, -0.15) is 0 Å². The van der Waals surface area contributed by atoms with Crippen LogP contribution in [0.4, 0.5) is 5.82 Å². The number of rotatable bonds is 5. The molecule has 0 spiro atoms. The molecule has 2 heterocycles. The van der Waals surface area contributed by atoms with E-state index >= 15 is 0 Å². The Labute approximate surface area is 117 Å². The molecule has 1 aliphatic rings. The van der Waals surface area contributed by atoms with Crippen LogP contribution in [0.2, 0.25) is 0 Å². The molecule has 0 bridgehead atoms. The maximum Gasteiger partial charge on any atom is 0.305 e. The largest absolute Gasteiger partial charge is 0.481 e. The molecule has 2 rings (SSSR count). The van der Waals surface area contributed by atoms with Crippen LogP contribution in [0.25, 0.3) is 0 Å². The lowest BCUT2D eigenvalue weighted by molar-refractivity contribution is -0.138. The van der Waals surface area contributed by atoms with E-state index < -0.39 is 5.97 Å². The van der Waals surface area contributed by atoms with Gasteiger partial charge in [0, 0.05) is 6.54 Å². The second-order valence-electron chi connectivity index (χ2n) is 4.58. The number of carbonyl (C=O) groups is 1. The second kappa shape index (κ2) is 6.51. The summed E-state index contributed by atoms with van der Waals surface area (Å²) in [7, 11) is 0. The minimum absolute atomic E-state index is 0.0212. The number of ether oxygens (including phenoxy) is 2. The molecule has 1 N–H and O–H groups in total. The van der Waals surface area contributed by atoms with Gasteiger partial charge >= 0.3 is 5.97 Å². The molecule has 1 unspecified atom stereocenters. The number of carboxylic acids is 1. The zero-order valence-corrected chi connectivity index (χ0v) is 11.7. The van der Waals surface area contributed by atoms with Crippen molar-refractivity contribution in [1.82, 2.24) is 9.97 Å². The fraction of sp³-hybridized carbons (Fsp3) is 0.615. The first-order chi connectivity index (χ1) is 9.63. The lowest BCUT2D eigenvalue weighted by Gasteiger charge is -2.36. The van der Waals surface area contributed by atoms with Gasteiger partial charge in [0.15, 0.2) is 0 Å². The monoisotopic (exact) mass is 281 g/mol. The van der Waals surface area contributed by atoms with E-state index in [-0.39, 0.29) is 12.5 Å². The molecule has 0 aliphatic carbocycles. The second-order valence-corrected chi connectivity index (χ2v) is 4.58. The van der Waals surface area contributed by atoms with Gasteiger partial charge in [-0.05, 0) is 13.8 Å². The molecule has 0 saturated carbocycles. The zero-order valence-electron chi connectivity index (χ0n) is 11.7. The number of nitrogens with zero attached hydrogens (tertiary/aromatic N) is 3. The minimum atomic E-state index is -0.845. The van der Waals surface area contributed by atoms with Crippen LogP contribution in [0.15, 0.2) is 6.33 Å². The summed E-state index contributed by atoms with van der Waals surface area (Å²) < 4.78 is 10.8. The maximum absolute atomic E-state index is 11.0. The van der Waals surface area contributed by atoms with Gasteiger partial charge in [-0.1, -0.05) is 0 Å². The summed E-state index contributed by atoms with van der Waals surface area (Å²) in [6, 6.07) is -0.218.